The van der Waals surface area contributed by atoms with Crippen molar-refractivity contribution in [3.05, 3.63) is 53.7 Å². The fraction of sp³-hybridized carbons (Fsp3) is 0.250. The van der Waals surface area contributed by atoms with Crippen molar-refractivity contribution in [1.29, 1.82) is 0 Å². The van der Waals surface area contributed by atoms with Gasteiger partial charge in [-0.3, -0.25) is 4.98 Å². The van der Waals surface area contributed by atoms with E-state index in [4.69, 9.17) is 0 Å². The Kier molecular flexibility index (Phi) is 3.91. The van der Waals surface area contributed by atoms with Gasteiger partial charge in [0.05, 0.1) is 11.6 Å². The van der Waals surface area contributed by atoms with Gasteiger partial charge in [0.25, 0.3) is 0 Å². The molecule has 0 aliphatic rings. The maximum atomic E-state index is 12.8. The molecule has 0 aliphatic heterocycles. The highest BCUT2D eigenvalue weighted by atomic mass is 32.2. The largest absolute Gasteiger partial charge is 0.345 e. The van der Waals surface area contributed by atoms with Crippen molar-refractivity contribution in [2.75, 3.05) is 0 Å². The number of aromatic nitrogens is 3. The van der Waals surface area contributed by atoms with Gasteiger partial charge in [-0.05, 0) is 44.5 Å². The van der Waals surface area contributed by atoms with Crippen molar-refractivity contribution in [3.8, 4) is 0 Å². The zero-order chi connectivity index (χ0) is 16.6. The van der Waals surface area contributed by atoms with E-state index in [1.807, 2.05) is 26.0 Å². The monoisotopic (exact) mass is 330 g/mol. The number of nitrogens with one attached hydrogen (secondary N) is 2. The van der Waals surface area contributed by atoms with E-state index in [0.717, 1.165) is 16.6 Å². The molecule has 2 N–H and O–H groups in total. The number of rotatable bonds is 4. The van der Waals surface area contributed by atoms with Crippen LogP contribution in [0.25, 0.3) is 10.9 Å². The summed E-state index contributed by atoms with van der Waals surface area (Å²) in [5.74, 6) is 0.580. The Labute approximate surface area is 135 Å². The first kappa shape index (κ1) is 15.6. The lowest BCUT2D eigenvalue weighted by atomic mass is 10.1. The molecule has 3 rings (SSSR count). The van der Waals surface area contributed by atoms with Crippen molar-refractivity contribution in [2.45, 2.75) is 31.7 Å². The molecule has 0 spiro atoms. The van der Waals surface area contributed by atoms with E-state index < -0.39 is 16.1 Å². The average molecular weight is 330 g/mol. The van der Waals surface area contributed by atoms with Crippen LogP contribution in [0.5, 0.6) is 0 Å². The van der Waals surface area contributed by atoms with Crippen LogP contribution in [-0.4, -0.2) is 23.4 Å². The summed E-state index contributed by atoms with van der Waals surface area (Å²) in [4.78, 5) is 11.6. The van der Waals surface area contributed by atoms with Crippen molar-refractivity contribution >= 4 is 20.9 Å². The number of hydrogen-bond acceptors (Lipinski definition) is 4. The van der Waals surface area contributed by atoms with E-state index in [9.17, 15) is 8.42 Å². The molecule has 2 aromatic heterocycles. The van der Waals surface area contributed by atoms with Crippen LogP contribution in [0.15, 0.2) is 41.6 Å². The van der Waals surface area contributed by atoms with E-state index in [2.05, 4.69) is 19.7 Å². The maximum absolute atomic E-state index is 12.8. The van der Waals surface area contributed by atoms with Gasteiger partial charge in [0.2, 0.25) is 10.0 Å². The van der Waals surface area contributed by atoms with Gasteiger partial charge in [0.1, 0.15) is 10.7 Å². The van der Waals surface area contributed by atoms with Gasteiger partial charge in [-0.2, -0.15) is 0 Å². The number of sulfonamides is 1. The fourth-order valence-electron chi connectivity index (χ4n) is 2.51. The molecule has 0 saturated heterocycles. The highest BCUT2D eigenvalue weighted by Crippen LogP contribution is 2.24. The number of imidazole rings is 1. The molecule has 1 unspecified atom stereocenters. The maximum Gasteiger partial charge on any atom is 0.243 e. The van der Waals surface area contributed by atoms with Crippen molar-refractivity contribution in [3.63, 3.8) is 0 Å². The van der Waals surface area contributed by atoms with E-state index in [-0.39, 0.29) is 4.90 Å². The molecule has 2 heterocycles. The lowest BCUT2D eigenvalue weighted by Gasteiger charge is -2.14. The van der Waals surface area contributed by atoms with Crippen LogP contribution in [0.2, 0.25) is 0 Å². The number of aromatic amines is 1. The number of benzene rings is 1. The smallest absolute Gasteiger partial charge is 0.243 e. The standard InChI is InChI=1S/C16H18N4O2S/c1-10-7-13-5-4-6-17-15(13)14(8-10)23(21,22)20-12(3)16-18-9-11(2)19-16/h4-9,12,20H,1-3H3,(H,18,19). The molecular formula is C16H18N4O2S. The number of hydrogen-bond donors (Lipinski definition) is 2. The van der Waals surface area contributed by atoms with Gasteiger partial charge < -0.3 is 4.98 Å². The van der Waals surface area contributed by atoms with Gasteiger partial charge in [0, 0.05) is 23.5 Å². The summed E-state index contributed by atoms with van der Waals surface area (Å²) < 4.78 is 28.3. The molecule has 0 aliphatic carbocycles. The topological polar surface area (TPSA) is 87.7 Å². The van der Waals surface area contributed by atoms with Gasteiger partial charge in [-0.25, -0.2) is 18.1 Å². The molecule has 1 aromatic carbocycles. The predicted octanol–water partition coefficient (Wildman–Crippen LogP) is 2.61. The molecule has 3 aromatic rings. The van der Waals surface area contributed by atoms with Crippen LogP contribution in [0.1, 0.15) is 30.0 Å². The molecule has 0 bridgehead atoms. The van der Waals surface area contributed by atoms with Crippen LogP contribution in [-0.2, 0) is 10.0 Å². The Bertz CT molecular complexity index is 963. The molecule has 6 nitrogen and oxygen atoms in total. The van der Waals surface area contributed by atoms with E-state index >= 15 is 0 Å². The lowest BCUT2D eigenvalue weighted by molar-refractivity contribution is 0.561. The first-order chi connectivity index (χ1) is 10.9. The second kappa shape index (κ2) is 5.75. The molecular weight excluding hydrogens is 312 g/mol. The number of fused-ring (bicyclic) bond motifs is 1. The minimum atomic E-state index is -3.72. The first-order valence-corrected chi connectivity index (χ1v) is 8.74. The molecule has 0 fully saturated rings. The summed E-state index contributed by atoms with van der Waals surface area (Å²) in [7, 11) is -3.72. The normalized spacial score (nSPS) is 13.3. The molecule has 23 heavy (non-hydrogen) atoms. The predicted molar refractivity (Wildman–Crippen MR) is 88.5 cm³/mol. The van der Waals surface area contributed by atoms with E-state index in [1.54, 1.807) is 31.5 Å². The Morgan fingerprint density at radius 1 is 1.22 bits per heavy atom. The van der Waals surface area contributed by atoms with Gasteiger partial charge in [0.15, 0.2) is 0 Å². The summed E-state index contributed by atoms with van der Waals surface area (Å²) in [5, 5.41) is 0.800. The van der Waals surface area contributed by atoms with Gasteiger partial charge >= 0.3 is 0 Å². The van der Waals surface area contributed by atoms with E-state index in [0.29, 0.717) is 11.3 Å². The highest BCUT2D eigenvalue weighted by Gasteiger charge is 2.23. The highest BCUT2D eigenvalue weighted by molar-refractivity contribution is 7.89. The van der Waals surface area contributed by atoms with Gasteiger partial charge in [-0.1, -0.05) is 6.07 Å². The number of nitrogens with zero attached hydrogens (tertiary/aromatic N) is 2. The molecule has 0 saturated carbocycles. The average Bonchev–Trinajstić information content (AvgIpc) is 2.92. The van der Waals surface area contributed by atoms with Crippen LogP contribution in [0, 0.1) is 13.8 Å². The first-order valence-electron chi connectivity index (χ1n) is 7.26. The summed E-state index contributed by atoms with van der Waals surface area (Å²) in [6.45, 7) is 5.49. The number of pyridine rings is 1. The Morgan fingerprint density at radius 2 is 2.00 bits per heavy atom. The minimum Gasteiger partial charge on any atom is -0.345 e. The zero-order valence-corrected chi connectivity index (χ0v) is 14.0. The van der Waals surface area contributed by atoms with Crippen LogP contribution in [0.3, 0.4) is 0 Å². The molecule has 1 atom stereocenters. The van der Waals surface area contributed by atoms with Crippen molar-refractivity contribution in [2.24, 2.45) is 0 Å². The van der Waals surface area contributed by atoms with Gasteiger partial charge in [-0.15, -0.1) is 0 Å². The van der Waals surface area contributed by atoms with E-state index in [1.165, 1.54) is 0 Å². The Hall–Kier alpha value is -2.25. The Morgan fingerprint density at radius 3 is 2.70 bits per heavy atom. The lowest BCUT2D eigenvalue weighted by Crippen LogP contribution is -2.28. The third kappa shape index (κ3) is 3.11. The second-order valence-corrected chi connectivity index (χ2v) is 7.32. The minimum absolute atomic E-state index is 0.184. The summed E-state index contributed by atoms with van der Waals surface area (Å²) in [6.07, 6.45) is 3.26. The second-order valence-electron chi connectivity index (χ2n) is 5.63. The third-order valence-corrected chi connectivity index (χ3v) is 5.12. The molecule has 0 radical (unpaired) electrons. The quantitative estimate of drug-likeness (QED) is 0.770. The summed E-state index contributed by atoms with van der Waals surface area (Å²) in [6, 6.07) is 6.74. The SMILES string of the molecule is Cc1cc(S(=O)(=O)NC(C)c2ncc(C)[nH]2)c2ncccc2c1. The van der Waals surface area contributed by atoms with Crippen LogP contribution < -0.4 is 4.72 Å². The van der Waals surface area contributed by atoms with Crippen LogP contribution in [0.4, 0.5) is 0 Å². The Balaban J connectivity index is 2.03. The summed E-state index contributed by atoms with van der Waals surface area (Å²) in [5.41, 5.74) is 2.22. The molecule has 120 valence electrons. The number of aryl methyl sites for hydroxylation is 2. The van der Waals surface area contributed by atoms with Crippen molar-refractivity contribution < 1.29 is 8.42 Å². The third-order valence-electron chi connectivity index (χ3n) is 3.57. The molecule has 0 amide bonds. The van der Waals surface area contributed by atoms with Crippen LogP contribution >= 0.6 is 0 Å². The number of H-pyrrole nitrogens is 1. The summed E-state index contributed by atoms with van der Waals surface area (Å²) >= 11 is 0. The fourth-order valence-corrected chi connectivity index (χ4v) is 3.98. The zero-order valence-electron chi connectivity index (χ0n) is 13.2. The van der Waals surface area contributed by atoms with Crippen molar-refractivity contribution in [1.82, 2.24) is 19.7 Å². The molecule has 7 heteroatoms.